The fraction of sp³-hybridized carbons (Fsp3) is 0.312. The molecule has 0 radical (unpaired) electrons. The lowest BCUT2D eigenvalue weighted by Crippen LogP contribution is -2.23. The van der Waals surface area contributed by atoms with E-state index >= 15 is 0 Å². The van der Waals surface area contributed by atoms with Gasteiger partial charge in [0.05, 0.1) is 5.56 Å². The Morgan fingerprint density at radius 2 is 1.75 bits per heavy atom. The summed E-state index contributed by atoms with van der Waals surface area (Å²) < 4.78 is 38.3. The van der Waals surface area contributed by atoms with E-state index in [0.29, 0.717) is 0 Å². The van der Waals surface area contributed by atoms with Crippen molar-refractivity contribution < 1.29 is 13.2 Å². The first kappa shape index (κ1) is 13.2. The maximum atomic E-state index is 12.8. The van der Waals surface area contributed by atoms with Crippen LogP contribution in [0.3, 0.4) is 0 Å². The van der Waals surface area contributed by atoms with E-state index < -0.39 is 11.7 Å². The molecule has 104 valence electrons. The van der Waals surface area contributed by atoms with Crippen molar-refractivity contribution in [3.63, 3.8) is 0 Å². The normalized spacial score (nSPS) is 22.4. The topological polar surface area (TPSA) is 12.9 Å². The van der Waals surface area contributed by atoms with Crippen molar-refractivity contribution in [3.05, 3.63) is 65.5 Å². The zero-order valence-corrected chi connectivity index (χ0v) is 10.8. The fourth-order valence-electron chi connectivity index (χ4n) is 2.79. The maximum absolute atomic E-state index is 12.8. The van der Waals surface area contributed by atoms with Gasteiger partial charge in [-0.1, -0.05) is 24.3 Å². The Hall–Kier alpha value is -1.84. The van der Waals surface area contributed by atoms with Crippen molar-refractivity contribution in [3.8, 4) is 0 Å². The summed E-state index contributed by atoms with van der Waals surface area (Å²) in [6.07, 6.45) is -0.641. The maximum Gasteiger partial charge on any atom is 0.416 e. The number of rotatable bonds is 2. The molecule has 0 N–H and O–H groups in total. The molecule has 4 heteroatoms. The SMILES string of the molecule is FC(F)(F)c1cccc(C2CCC2c2ccccn2)c1. The van der Waals surface area contributed by atoms with Gasteiger partial charge in [0, 0.05) is 17.8 Å². The number of hydrogen-bond donors (Lipinski definition) is 0. The van der Waals surface area contributed by atoms with Gasteiger partial charge in [-0.25, -0.2) is 0 Å². The number of hydrogen-bond acceptors (Lipinski definition) is 1. The van der Waals surface area contributed by atoms with Crippen LogP contribution in [-0.2, 0) is 6.18 Å². The molecule has 1 saturated carbocycles. The molecule has 3 rings (SSSR count). The van der Waals surface area contributed by atoms with Crippen LogP contribution in [0.25, 0.3) is 0 Å². The first-order valence-electron chi connectivity index (χ1n) is 6.64. The highest BCUT2D eigenvalue weighted by molar-refractivity contribution is 5.33. The van der Waals surface area contributed by atoms with E-state index in [9.17, 15) is 13.2 Å². The molecular weight excluding hydrogens is 263 g/mol. The predicted molar refractivity (Wildman–Crippen MR) is 70.4 cm³/mol. The van der Waals surface area contributed by atoms with Crippen LogP contribution in [0.5, 0.6) is 0 Å². The van der Waals surface area contributed by atoms with Gasteiger partial charge in [-0.05, 0) is 42.5 Å². The highest BCUT2D eigenvalue weighted by Gasteiger charge is 2.36. The van der Waals surface area contributed by atoms with E-state index in [1.807, 2.05) is 18.2 Å². The summed E-state index contributed by atoms with van der Waals surface area (Å²) in [5.74, 6) is 0.381. The summed E-state index contributed by atoms with van der Waals surface area (Å²) in [4.78, 5) is 4.33. The highest BCUT2D eigenvalue weighted by Crippen LogP contribution is 2.49. The minimum Gasteiger partial charge on any atom is -0.261 e. The third kappa shape index (κ3) is 2.42. The van der Waals surface area contributed by atoms with Crippen LogP contribution >= 0.6 is 0 Å². The molecule has 1 aromatic heterocycles. The second kappa shape index (κ2) is 4.93. The Balaban J connectivity index is 1.87. The van der Waals surface area contributed by atoms with E-state index in [4.69, 9.17) is 0 Å². The van der Waals surface area contributed by atoms with Crippen molar-refractivity contribution in [1.29, 1.82) is 0 Å². The van der Waals surface area contributed by atoms with Gasteiger partial charge in [0.15, 0.2) is 0 Å². The van der Waals surface area contributed by atoms with Crippen LogP contribution in [0, 0.1) is 0 Å². The third-order valence-electron chi connectivity index (χ3n) is 3.98. The molecule has 0 bridgehead atoms. The van der Waals surface area contributed by atoms with Crippen LogP contribution in [-0.4, -0.2) is 4.98 Å². The van der Waals surface area contributed by atoms with Crippen molar-refractivity contribution in [1.82, 2.24) is 4.98 Å². The molecule has 0 amide bonds. The Morgan fingerprint density at radius 3 is 2.35 bits per heavy atom. The number of nitrogens with zero attached hydrogens (tertiary/aromatic N) is 1. The summed E-state index contributed by atoms with van der Waals surface area (Å²) in [7, 11) is 0. The summed E-state index contributed by atoms with van der Waals surface area (Å²) in [5, 5.41) is 0. The molecule has 1 fully saturated rings. The molecule has 1 aromatic carbocycles. The summed E-state index contributed by atoms with van der Waals surface area (Å²) in [5.41, 5.74) is 1.17. The van der Waals surface area contributed by atoms with E-state index in [-0.39, 0.29) is 11.8 Å². The van der Waals surface area contributed by atoms with Gasteiger partial charge in [-0.3, -0.25) is 4.98 Å². The molecular formula is C16H14F3N. The van der Waals surface area contributed by atoms with E-state index in [0.717, 1.165) is 30.2 Å². The quantitative estimate of drug-likeness (QED) is 0.771. The van der Waals surface area contributed by atoms with Gasteiger partial charge in [-0.15, -0.1) is 0 Å². The van der Waals surface area contributed by atoms with Gasteiger partial charge in [0.2, 0.25) is 0 Å². The van der Waals surface area contributed by atoms with Gasteiger partial charge in [0.25, 0.3) is 0 Å². The van der Waals surface area contributed by atoms with Gasteiger partial charge in [0.1, 0.15) is 0 Å². The summed E-state index contributed by atoms with van der Waals surface area (Å²) in [6.45, 7) is 0. The van der Waals surface area contributed by atoms with Gasteiger partial charge in [-0.2, -0.15) is 13.2 Å². The molecule has 1 heterocycles. The zero-order valence-electron chi connectivity index (χ0n) is 10.8. The van der Waals surface area contributed by atoms with Crippen molar-refractivity contribution in [2.45, 2.75) is 30.9 Å². The molecule has 1 aliphatic carbocycles. The monoisotopic (exact) mass is 277 g/mol. The molecule has 2 aromatic rings. The molecule has 2 atom stereocenters. The average molecular weight is 277 g/mol. The average Bonchev–Trinajstić information content (AvgIpc) is 2.38. The van der Waals surface area contributed by atoms with Crippen LogP contribution < -0.4 is 0 Å². The smallest absolute Gasteiger partial charge is 0.261 e. The summed E-state index contributed by atoms with van der Waals surface area (Å²) >= 11 is 0. The first-order valence-corrected chi connectivity index (χ1v) is 6.64. The lowest BCUT2D eigenvalue weighted by molar-refractivity contribution is -0.137. The standard InChI is InChI=1S/C16H14F3N/c17-16(18,19)12-5-3-4-11(10-12)13-7-8-14(13)15-6-1-2-9-20-15/h1-6,9-10,13-14H,7-8H2. The van der Waals surface area contributed by atoms with Crippen LogP contribution in [0.1, 0.15) is 41.5 Å². The number of pyridine rings is 1. The number of halogens is 3. The third-order valence-corrected chi connectivity index (χ3v) is 3.98. The van der Waals surface area contributed by atoms with Crippen molar-refractivity contribution in [2.75, 3.05) is 0 Å². The number of alkyl halides is 3. The zero-order chi connectivity index (χ0) is 14.2. The molecule has 0 aliphatic heterocycles. The number of aromatic nitrogens is 1. The largest absolute Gasteiger partial charge is 0.416 e. The lowest BCUT2D eigenvalue weighted by Gasteiger charge is -2.37. The lowest BCUT2D eigenvalue weighted by atomic mass is 9.68. The predicted octanol–water partition coefficient (Wildman–Crippen LogP) is 4.76. The highest BCUT2D eigenvalue weighted by atomic mass is 19.4. The van der Waals surface area contributed by atoms with Crippen LogP contribution in [0.2, 0.25) is 0 Å². The second-order valence-electron chi connectivity index (χ2n) is 5.17. The van der Waals surface area contributed by atoms with Gasteiger partial charge >= 0.3 is 6.18 Å². The molecule has 1 aliphatic rings. The second-order valence-corrected chi connectivity index (χ2v) is 5.17. The van der Waals surface area contributed by atoms with Crippen molar-refractivity contribution in [2.24, 2.45) is 0 Å². The molecule has 1 nitrogen and oxygen atoms in total. The van der Waals surface area contributed by atoms with Crippen LogP contribution in [0.15, 0.2) is 48.7 Å². The van der Waals surface area contributed by atoms with E-state index in [2.05, 4.69) is 4.98 Å². The molecule has 0 spiro atoms. The minimum atomic E-state index is -4.28. The molecule has 20 heavy (non-hydrogen) atoms. The Labute approximate surface area is 115 Å². The summed E-state index contributed by atoms with van der Waals surface area (Å²) in [6, 6.07) is 11.4. The minimum absolute atomic E-state index is 0.146. The first-order chi connectivity index (χ1) is 9.55. The van der Waals surface area contributed by atoms with E-state index in [1.54, 1.807) is 12.3 Å². The Morgan fingerprint density at radius 1 is 0.950 bits per heavy atom. The fourth-order valence-corrected chi connectivity index (χ4v) is 2.79. The molecule has 0 saturated heterocycles. The van der Waals surface area contributed by atoms with Gasteiger partial charge < -0.3 is 0 Å². The molecule has 2 unspecified atom stereocenters. The van der Waals surface area contributed by atoms with Crippen LogP contribution in [0.4, 0.5) is 13.2 Å². The number of benzene rings is 1. The van der Waals surface area contributed by atoms with Crippen molar-refractivity contribution >= 4 is 0 Å². The Bertz CT molecular complexity index is 592. The van der Waals surface area contributed by atoms with E-state index in [1.165, 1.54) is 12.1 Å². The Kier molecular flexibility index (Phi) is 3.24.